The van der Waals surface area contributed by atoms with Crippen LogP contribution in [0, 0.1) is 0 Å². The first kappa shape index (κ1) is 29.2. The summed E-state index contributed by atoms with van der Waals surface area (Å²) >= 11 is 1.40. The number of carboxylic acids is 1. The molecule has 0 radical (unpaired) electrons. The molecule has 3 amide bonds. The summed E-state index contributed by atoms with van der Waals surface area (Å²) in [5, 5.41) is 44.9. The van der Waals surface area contributed by atoms with E-state index in [0.717, 1.165) is 0 Å². The van der Waals surface area contributed by atoms with Gasteiger partial charge in [-0.05, 0) is 43.0 Å². The number of aromatic hydroxyl groups is 1. The highest BCUT2D eigenvalue weighted by Crippen LogP contribution is 2.12. The van der Waals surface area contributed by atoms with Gasteiger partial charge >= 0.3 is 5.97 Å². The summed E-state index contributed by atoms with van der Waals surface area (Å²) in [6, 6.07) is 0.631. The van der Waals surface area contributed by atoms with Gasteiger partial charge in [0.25, 0.3) is 0 Å². The normalized spacial score (nSPS) is 15.3. The lowest BCUT2D eigenvalue weighted by molar-refractivity contribution is -0.142. The number of benzene rings is 1. The molecule has 0 aliphatic carbocycles. The summed E-state index contributed by atoms with van der Waals surface area (Å²) in [5.41, 5.74) is 6.08. The van der Waals surface area contributed by atoms with Crippen molar-refractivity contribution in [2.24, 2.45) is 5.73 Å². The number of aliphatic hydroxyl groups excluding tert-OH is 2. The number of nitrogens with two attached hydrogens (primary N) is 1. The maximum atomic E-state index is 12.8. The quantitative estimate of drug-likeness (QED) is 0.140. The molecule has 0 aromatic heterocycles. The second kappa shape index (κ2) is 14.4. The molecule has 12 nitrogen and oxygen atoms in total. The van der Waals surface area contributed by atoms with Gasteiger partial charge in [0, 0.05) is 6.42 Å². The number of phenols is 1. The molecule has 0 aliphatic rings. The zero-order chi connectivity index (χ0) is 25.8. The van der Waals surface area contributed by atoms with Crippen molar-refractivity contribution >= 4 is 35.5 Å². The fourth-order valence-electron chi connectivity index (χ4n) is 2.80. The molecule has 0 heterocycles. The van der Waals surface area contributed by atoms with E-state index in [9.17, 15) is 39.6 Å². The molecule has 9 N–H and O–H groups in total. The number of carboxylic acid groups (broad SMARTS) is 1. The van der Waals surface area contributed by atoms with Crippen LogP contribution in [0.25, 0.3) is 0 Å². The minimum absolute atomic E-state index is 0.0134. The average molecular weight is 501 g/mol. The first-order chi connectivity index (χ1) is 16.0. The summed E-state index contributed by atoms with van der Waals surface area (Å²) in [4.78, 5) is 49.1. The number of carbonyl (C=O) groups excluding carboxylic acids is 3. The van der Waals surface area contributed by atoms with Crippen LogP contribution in [0.5, 0.6) is 5.75 Å². The van der Waals surface area contributed by atoms with E-state index in [2.05, 4.69) is 16.0 Å². The predicted octanol–water partition coefficient (Wildman–Crippen LogP) is -2.07. The lowest BCUT2D eigenvalue weighted by Gasteiger charge is -2.24. The van der Waals surface area contributed by atoms with Gasteiger partial charge in [0.1, 0.15) is 29.9 Å². The maximum Gasteiger partial charge on any atom is 0.326 e. The van der Waals surface area contributed by atoms with E-state index in [-0.39, 0.29) is 18.6 Å². The third kappa shape index (κ3) is 9.55. The number of nitrogens with one attached hydrogen (secondary N) is 3. The maximum absolute atomic E-state index is 12.8. The number of amides is 3. The van der Waals surface area contributed by atoms with Crippen LogP contribution in [0.15, 0.2) is 24.3 Å². The Morgan fingerprint density at radius 3 is 2.00 bits per heavy atom. The molecule has 5 unspecified atom stereocenters. The number of aliphatic hydroxyl groups is 2. The highest BCUT2D eigenvalue weighted by Gasteiger charge is 2.30. The van der Waals surface area contributed by atoms with Crippen LogP contribution in [-0.2, 0) is 25.6 Å². The Morgan fingerprint density at radius 2 is 1.50 bits per heavy atom. The van der Waals surface area contributed by atoms with E-state index in [1.54, 1.807) is 6.26 Å². The molecule has 0 saturated heterocycles. The Labute approximate surface area is 201 Å². The zero-order valence-electron chi connectivity index (χ0n) is 18.9. The first-order valence-electron chi connectivity index (χ1n) is 10.4. The number of thioether (sulfide) groups is 1. The van der Waals surface area contributed by atoms with Crippen molar-refractivity contribution in [3.8, 4) is 5.75 Å². The first-order valence-corrected chi connectivity index (χ1v) is 11.8. The van der Waals surface area contributed by atoms with E-state index >= 15 is 0 Å². The van der Waals surface area contributed by atoms with Crippen molar-refractivity contribution in [1.29, 1.82) is 0 Å². The third-order valence-electron chi connectivity index (χ3n) is 4.87. The lowest BCUT2D eigenvalue weighted by atomic mass is 10.0. The van der Waals surface area contributed by atoms with Crippen molar-refractivity contribution in [1.82, 2.24) is 16.0 Å². The molecule has 0 fully saturated rings. The molecule has 0 spiro atoms. The molecule has 13 heteroatoms. The molecule has 1 rings (SSSR count). The second-order valence-electron chi connectivity index (χ2n) is 7.62. The third-order valence-corrected chi connectivity index (χ3v) is 5.52. The van der Waals surface area contributed by atoms with Gasteiger partial charge in [0.05, 0.1) is 12.7 Å². The average Bonchev–Trinajstić information content (AvgIpc) is 2.79. The smallest absolute Gasteiger partial charge is 0.326 e. The standard InChI is InChI=1S/C21H32N4O8S/c1-11(27)17(22)20(31)25-16(10-26)19(30)23-14(7-8-34-2)18(29)24-15(21(32)33)9-12-3-5-13(28)6-4-12/h3-6,11,14-17,26-28H,7-10,22H2,1-2H3,(H,23,30)(H,24,29)(H,25,31)(H,32,33). The topological polar surface area (TPSA) is 211 Å². The Morgan fingerprint density at radius 1 is 0.971 bits per heavy atom. The predicted molar refractivity (Wildman–Crippen MR) is 125 cm³/mol. The number of hydrogen-bond donors (Lipinski definition) is 8. The highest BCUT2D eigenvalue weighted by atomic mass is 32.2. The Hall–Kier alpha value is -2.87. The summed E-state index contributed by atoms with van der Waals surface area (Å²) < 4.78 is 0. The van der Waals surface area contributed by atoms with Gasteiger partial charge in [0.2, 0.25) is 17.7 Å². The van der Waals surface area contributed by atoms with Crippen LogP contribution in [0.3, 0.4) is 0 Å². The summed E-state index contributed by atoms with van der Waals surface area (Å²) in [7, 11) is 0. The van der Waals surface area contributed by atoms with Gasteiger partial charge < -0.3 is 42.1 Å². The van der Waals surface area contributed by atoms with Gasteiger partial charge in [-0.1, -0.05) is 12.1 Å². The van der Waals surface area contributed by atoms with Gasteiger partial charge in [0.15, 0.2) is 0 Å². The van der Waals surface area contributed by atoms with Gasteiger partial charge in [-0.25, -0.2) is 4.79 Å². The molecule has 0 bridgehead atoms. The molecular weight excluding hydrogens is 468 g/mol. The Bertz CT molecular complexity index is 837. The van der Waals surface area contributed by atoms with Crippen LogP contribution in [0.1, 0.15) is 18.9 Å². The van der Waals surface area contributed by atoms with Crippen LogP contribution in [-0.4, -0.2) is 93.0 Å². The number of phenolic OH excluding ortho intramolecular Hbond substituents is 1. The summed E-state index contributed by atoms with van der Waals surface area (Å²) in [6.07, 6.45) is 0.695. The van der Waals surface area contributed by atoms with E-state index < -0.39 is 60.6 Å². The SMILES string of the molecule is CSCCC(NC(=O)C(CO)NC(=O)C(N)C(C)O)C(=O)NC(Cc1ccc(O)cc1)C(=O)O. The molecule has 1 aromatic carbocycles. The van der Waals surface area contributed by atoms with E-state index in [4.69, 9.17) is 5.73 Å². The summed E-state index contributed by atoms with van der Waals surface area (Å²) in [6.45, 7) is 0.498. The van der Waals surface area contributed by atoms with Crippen molar-refractivity contribution in [2.75, 3.05) is 18.6 Å². The van der Waals surface area contributed by atoms with E-state index in [1.807, 2.05) is 0 Å². The largest absolute Gasteiger partial charge is 0.508 e. The molecule has 0 saturated carbocycles. The molecule has 190 valence electrons. The van der Waals surface area contributed by atoms with E-state index in [1.165, 1.54) is 43.0 Å². The Balaban J connectivity index is 2.90. The van der Waals surface area contributed by atoms with Crippen molar-refractivity contribution < 1.29 is 39.6 Å². The monoisotopic (exact) mass is 500 g/mol. The van der Waals surface area contributed by atoms with Crippen LogP contribution in [0.4, 0.5) is 0 Å². The molecule has 0 aliphatic heterocycles. The minimum Gasteiger partial charge on any atom is -0.508 e. The van der Waals surface area contributed by atoms with Crippen molar-refractivity contribution in [3.63, 3.8) is 0 Å². The van der Waals surface area contributed by atoms with Gasteiger partial charge in [-0.2, -0.15) is 11.8 Å². The van der Waals surface area contributed by atoms with Crippen molar-refractivity contribution in [3.05, 3.63) is 29.8 Å². The molecule has 5 atom stereocenters. The minimum atomic E-state index is -1.44. The lowest BCUT2D eigenvalue weighted by Crippen LogP contribution is -2.59. The number of carbonyl (C=O) groups is 4. The molecule has 34 heavy (non-hydrogen) atoms. The van der Waals surface area contributed by atoms with Gasteiger partial charge in [-0.15, -0.1) is 0 Å². The van der Waals surface area contributed by atoms with Crippen LogP contribution in [0.2, 0.25) is 0 Å². The van der Waals surface area contributed by atoms with Crippen molar-refractivity contribution in [2.45, 2.75) is 50.0 Å². The van der Waals surface area contributed by atoms with E-state index in [0.29, 0.717) is 11.3 Å². The molecule has 1 aromatic rings. The fourth-order valence-corrected chi connectivity index (χ4v) is 3.27. The number of hydrogen-bond acceptors (Lipinski definition) is 9. The van der Waals surface area contributed by atoms with Gasteiger partial charge in [-0.3, -0.25) is 14.4 Å². The van der Waals surface area contributed by atoms with Crippen LogP contribution >= 0.6 is 11.8 Å². The number of rotatable bonds is 14. The zero-order valence-corrected chi connectivity index (χ0v) is 19.7. The highest BCUT2D eigenvalue weighted by molar-refractivity contribution is 7.98. The molecular formula is C21H32N4O8S. The second-order valence-corrected chi connectivity index (χ2v) is 8.61. The number of aliphatic carboxylic acids is 1. The fraction of sp³-hybridized carbons (Fsp3) is 0.524. The van der Waals surface area contributed by atoms with Crippen LogP contribution < -0.4 is 21.7 Å². The Kier molecular flexibility index (Phi) is 12.4. The summed E-state index contributed by atoms with van der Waals surface area (Å²) in [5.74, 6) is -3.31.